The Morgan fingerprint density at radius 1 is 1.55 bits per heavy atom. The number of anilines is 1. The molecule has 2 N–H and O–H groups in total. The fourth-order valence-electron chi connectivity index (χ4n) is 3.17. The molecule has 22 heavy (non-hydrogen) atoms. The van der Waals surface area contributed by atoms with Gasteiger partial charge in [-0.25, -0.2) is 4.79 Å². The van der Waals surface area contributed by atoms with E-state index in [0.717, 1.165) is 24.2 Å². The van der Waals surface area contributed by atoms with Gasteiger partial charge in [-0.15, -0.1) is 10.2 Å². The molecule has 0 bridgehead atoms. The van der Waals surface area contributed by atoms with Crippen molar-refractivity contribution in [1.82, 2.24) is 20.4 Å². The summed E-state index contributed by atoms with van der Waals surface area (Å²) < 4.78 is 0. The maximum atomic E-state index is 12.7. The second-order valence-corrected chi connectivity index (χ2v) is 6.56. The molecule has 1 aromatic heterocycles. The first-order valence-electron chi connectivity index (χ1n) is 7.23. The molecule has 2 fully saturated rings. The van der Waals surface area contributed by atoms with Gasteiger partial charge >= 0.3 is 6.03 Å². The number of nitrogens with zero attached hydrogens (tertiary/aromatic N) is 3. The predicted molar refractivity (Wildman–Crippen MR) is 79.1 cm³/mol. The second kappa shape index (κ2) is 5.64. The van der Waals surface area contributed by atoms with Crippen molar-refractivity contribution in [2.24, 2.45) is 5.92 Å². The van der Waals surface area contributed by atoms with E-state index in [9.17, 15) is 14.4 Å². The Labute approximate surface area is 131 Å². The molecule has 2 heterocycles. The van der Waals surface area contributed by atoms with Crippen LogP contribution in [-0.4, -0.2) is 45.0 Å². The highest BCUT2D eigenvalue weighted by Gasteiger charge is 2.55. The number of aromatic nitrogens is 2. The molecule has 1 spiro atoms. The average Bonchev–Trinajstić information content (AvgIpc) is 3.06. The van der Waals surface area contributed by atoms with E-state index in [2.05, 4.69) is 20.8 Å². The van der Waals surface area contributed by atoms with Gasteiger partial charge in [-0.1, -0.05) is 31.1 Å². The molecule has 1 saturated heterocycles. The first-order chi connectivity index (χ1) is 10.5. The fraction of sp³-hybridized carbons (Fsp3) is 0.615. The molecule has 3 rings (SSSR count). The molecule has 1 aliphatic heterocycles. The molecule has 4 amide bonds. The number of nitrogens with one attached hydrogen (secondary N) is 2. The van der Waals surface area contributed by atoms with Crippen LogP contribution in [0.2, 0.25) is 0 Å². The van der Waals surface area contributed by atoms with E-state index in [4.69, 9.17) is 0 Å². The summed E-state index contributed by atoms with van der Waals surface area (Å²) in [6, 6.07) is -0.494. The van der Waals surface area contributed by atoms with E-state index in [1.165, 1.54) is 16.8 Å². The third-order valence-corrected chi connectivity index (χ3v) is 5.02. The Balaban J connectivity index is 1.70. The highest BCUT2D eigenvalue weighted by Crippen LogP contribution is 2.38. The van der Waals surface area contributed by atoms with Gasteiger partial charge in [0.15, 0.2) is 0 Å². The molecule has 2 aliphatic rings. The van der Waals surface area contributed by atoms with Crippen LogP contribution in [0, 0.1) is 5.92 Å². The van der Waals surface area contributed by atoms with Gasteiger partial charge in [-0.3, -0.25) is 19.8 Å². The Bertz CT molecular complexity index is 605. The number of carbonyl (C=O) groups is 3. The van der Waals surface area contributed by atoms with Crippen molar-refractivity contribution in [1.29, 1.82) is 0 Å². The van der Waals surface area contributed by atoms with Crippen molar-refractivity contribution in [2.45, 2.75) is 38.1 Å². The van der Waals surface area contributed by atoms with Crippen molar-refractivity contribution in [3.05, 3.63) is 5.51 Å². The van der Waals surface area contributed by atoms with Crippen LogP contribution in [0.15, 0.2) is 5.51 Å². The summed E-state index contributed by atoms with van der Waals surface area (Å²) >= 11 is 1.17. The summed E-state index contributed by atoms with van der Waals surface area (Å²) in [5.41, 5.74) is 0.653. The summed E-state index contributed by atoms with van der Waals surface area (Å²) in [5, 5.41) is 13.0. The molecule has 8 nitrogen and oxygen atoms in total. The van der Waals surface area contributed by atoms with Crippen molar-refractivity contribution < 1.29 is 14.4 Å². The highest BCUT2D eigenvalue weighted by molar-refractivity contribution is 7.13. The average molecular weight is 323 g/mol. The Morgan fingerprint density at radius 3 is 3.05 bits per heavy atom. The van der Waals surface area contributed by atoms with Gasteiger partial charge in [0.1, 0.15) is 17.6 Å². The van der Waals surface area contributed by atoms with E-state index in [0.29, 0.717) is 11.6 Å². The minimum absolute atomic E-state index is 0.0777. The molecule has 1 saturated carbocycles. The van der Waals surface area contributed by atoms with Crippen molar-refractivity contribution in [3.8, 4) is 0 Å². The molecule has 0 radical (unpaired) electrons. The first-order valence-corrected chi connectivity index (χ1v) is 8.11. The zero-order valence-electron chi connectivity index (χ0n) is 12.2. The van der Waals surface area contributed by atoms with Crippen molar-refractivity contribution in [2.75, 3.05) is 11.9 Å². The lowest BCUT2D eigenvalue weighted by atomic mass is 9.73. The van der Waals surface area contributed by atoms with E-state index < -0.39 is 17.5 Å². The highest BCUT2D eigenvalue weighted by atomic mass is 32.1. The standard InChI is InChI=1S/C13H17N5O3S/c1-8-4-2-3-5-13(8)10(20)18(12(21)16-13)6-9(19)15-11-17-14-7-22-11/h7-8H,2-6H2,1H3,(H,16,21)(H,15,17,19). The minimum atomic E-state index is -0.835. The van der Waals surface area contributed by atoms with Crippen LogP contribution in [-0.2, 0) is 9.59 Å². The summed E-state index contributed by atoms with van der Waals surface area (Å²) in [4.78, 5) is 37.8. The summed E-state index contributed by atoms with van der Waals surface area (Å²) in [5.74, 6) is -0.674. The van der Waals surface area contributed by atoms with E-state index in [1.807, 2.05) is 6.92 Å². The number of hydrogen-bond acceptors (Lipinski definition) is 6. The third kappa shape index (κ3) is 2.45. The SMILES string of the molecule is CC1CCCCC12NC(=O)N(CC(=O)Nc1nncs1)C2=O. The minimum Gasteiger partial charge on any atom is -0.323 e. The molecular weight excluding hydrogens is 306 g/mol. The molecule has 0 aromatic carbocycles. The van der Waals surface area contributed by atoms with Gasteiger partial charge in [0.25, 0.3) is 5.91 Å². The van der Waals surface area contributed by atoms with E-state index in [-0.39, 0.29) is 18.4 Å². The molecule has 2 atom stereocenters. The molecule has 118 valence electrons. The van der Waals surface area contributed by atoms with Crippen LogP contribution in [0.4, 0.5) is 9.93 Å². The smallest absolute Gasteiger partial charge is 0.323 e. The number of hydrogen-bond donors (Lipinski definition) is 2. The van der Waals surface area contributed by atoms with Crippen LogP contribution in [0.3, 0.4) is 0 Å². The molecule has 2 unspecified atom stereocenters. The van der Waals surface area contributed by atoms with Gasteiger partial charge in [-0.05, 0) is 18.8 Å². The first kappa shape index (κ1) is 14.9. The molecule has 1 aliphatic carbocycles. The van der Waals surface area contributed by atoms with Crippen LogP contribution in [0.5, 0.6) is 0 Å². The maximum absolute atomic E-state index is 12.7. The summed E-state index contributed by atoms with van der Waals surface area (Å²) in [6.07, 6.45) is 3.49. The van der Waals surface area contributed by atoms with E-state index in [1.54, 1.807) is 0 Å². The number of carbonyl (C=O) groups excluding carboxylic acids is 3. The summed E-state index contributed by atoms with van der Waals surface area (Å²) in [6.45, 7) is 1.67. The van der Waals surface area contributed by atoms with Crippen LogP contribution >= 0.6 is 11.3 Å². The van der Waals surface area contributed by atoms with Crippen LogP contribution < -0.4 is 10.6 Å². The maximum Gasteiger partial charge on any atom is 0.325 e. The monoisotopic (exact) mass is 323 g/mol. The van der Waals surface area contributed by atoms with Gasteiger partial charge in [-0.2, -0.15) is 0 Å². The zero-order valence-corrected chi connectivity index (χ0v) is 13.0. The summed E-state index contributed by atoms with van der Waals surface area (Å²) in [7, 11) is 0. The Hall–Kier alpha value is -2.03. The number of imide groups is 1. The quantitative estimate of drug-likeness (QED) is 0.807. The van der Waals surface area contributed by atoms with Gasteiger partial charge in [0, 0.05) is 0 Å². The lowest BCUT2D eigenvalue weighted by molar-refractivity contribution is -0.136. The Kier molecular flexibility index (Phi) is 3.81. The molecule has 9 heteroatoms. The van der Waals surface area contributed by atoms with Crippen molar-refractivity contribution in [3.63, 3.8) is 0 Å². The molecular formula is C13H17N5O3S. The van der Waals surface area contributed by atoms with Crippen LogP contribution in [0.1, 0.15) is 32.6 Å². The Morgan fingerprint density at radius 2 is 2.36 bits per heavy atom. The molecule has 1 aromatic rings. The predicted octanol–water partition coefficient (Wildman–Crippen LogP) is 0.977. The topological polar surface area (TPSA) is 104 Å². The normalized spacial score (nSPS) is 28.0. The van der Waals surface area contributed by atoms with Crippen LogP contribution in [0.25, 0.3) is 0 Å². The van der Waals surface area contributed by atoms with E-state index >= 15 is 0 Å². The largest absolute Gasteiger partial charge is 0.325 e. The van der Waals surface area contributed by atoms with Crippen molar-refractivity contribution >= 4 is 34.3 Å². The van der Waals surface area contributed by atoms with Gasteiger partial charge in [0.05, 0.1) is 0 Å². The lowest BCUT2D eigenvalue weighted by Gasteiger charge is -2.36. The second-order valence-electron chi connectivity index (χ2n) is 5.73. The number of amides is 4. The fourth-order valence-corrected chi connectivity index (χ4v) is 3.63. The van der Waals surface area contributed by atoms with Gasteiger partial charge < -0.3 is 5.32 Å². The van der Waals surface area contributed by atoms with Gasteiger partial charge in [0.2, 0.25) is 11.0 Å². The number of urea groups is 1. The lowest BCUT2D eigenvalue weighted by Crippen LogP contribution is -2.54. The zero-order chi connectivity index (χ0) is 15.7. The third-order valence-electron chi connectivity index (χ3n) is 4.41. The number of rotatable bonds is 3.